The summed E-state index contributed by atoms with van der Waals surface area (Å²) in [5.41, 5.74) is 0.358. The van der Waals surface area contributed by atoms with Crippen LogP contribution < -0.4 is 4.74 Å². The lowest BCUT2D eigenvalue weighted by Crippen LogP contribution is -2.35. The summed E-state index contributed by atoms with van der Waals surface area (Å²) in [6, 6.07) is 3.65. The third-order valence-corrected chi connectivity index (χ3v) is 2.19. The first-order chi connectivity index (χ1) is 6.08. The van der Waals surface area contributed by atoms with Gasteiger partial charge in [-0.25, -0.2) is 0 Å². The number of rotatable bonds is 0. The molecule has 0 saturated heterocycles. The zero-order chi connectivity index (χ0) is 9.47. The maximum Gasteiger partial charge on any atom is 0.144 e. The van der Waals surface area contributed by atoms with Crippen LogP contribution in [-0.4, -0.2) is 15.7 Å². The molecule has 0 fully saturated rings. The molecule has 13 heavy (non-hydrogen) atoms. The van der Waals surface area contributed by atoms with Crippen molar-refractivity contribution in [3.63, 3.8) is 0 Å². The average molecular weight is 179 g/mol. The van der Waals surface area contributed by atoms with Crippen molar-refractivity contribution in [3.05, 3.63) is 24.0 Å². The molecule has 1 atom stereocenters. The summed E-state index contributed by atoms with van der Waals surface area (Å²) in [6.07, 6.45) is 1.76. The molecular formula is C10H13NO2. The number of aliphatic hydroxyl groups excluding tert-OH is 1. The molecule has 1 N–H and O–H groups in total. The van der Waals surface area contributed by atoms with E-state index in [1.54, 1.807) is 6.20 Å². The Balaban J connectivity index is 2.43. The van der Waals surface area contributed by atoms with Gasteiger partial charge >= 0.3 is 0 Å². The standard InChI is InChI=1S/C10H13NO2/c1-10(2)6-7(12)9-8(13-10)4-3-5-11-9/h3-5,7,12H,6H2,1-2H3. The second-order valence-electron chi connectivity index (χ2n) is 3.97. The zero-order valence-corrected chi connectivity index (χ0v) is 7.82. The maximum absolute atomic E-state index is 9.75. The Morgan fingerprint density at radius 3 is 3.15 bits per heavy atom. The maximum atomic E-state index is 9.75. The highest BCUT2D eigenvalue weighted by Crippen LogP contribution is 2.37. The Morgan fingerprint density at radius 2 is 2.38 bits per heavy atom. The van der Waals surface area contributed by atoms with E-state index in [9.17, 15) is 5.11 Å². The summed E-state index contributed by atoms with van der Waals surface area (Å²) in [6.45, 7) is 3.93. The van der Waals surface area contributed by atoms with Crippen LogP contribution in [0.25, 0.3) is 0 Å². The molecule has 0 bridgehead atoms. The van der Waals surface area contributed by atoms with Crippen LogP contribution in [0.1, 0.15) is 32.1 Å². The molecular weight excluding hydrogens is 166 g/mol. The van der Waals surface area contributed by atoms with Crippen LogP contribution in [0, 0.1) is 0 Å². The lowest BCUT2D eigenvalue weighted by Gasteiger charge is -2.34. The van der Waals surface area contributed by atoms with Crippen LogP contribution >= 0.6 is 0 Å². The van der Waals surface area contributed by atoms with E-state index in [-0.39, 0.29) is 5.60 Å². The van der Waals surface area contributed by atoms with E-state index in [4.69, 9.17) is 4.74 Å². The summed E-state index contributed by atoms with van der Waals surface area (Å²) < 4.78 is 5.67. The Kier molecular flexibility index (Phi) is 1.77. The van der Waals surface area contributed by atoms with Crippen LogP contribution in [0.5, 0.6) is 5.75 Å². The van der Waals surface area contributed by atoms with E-state index in [1.165, 1.54) is 0 Å². The van der Waals surface area contributed by atoms with Gasteiger partial charge in [0.05, 0.1) is 0 Å². The van der Waals surface area contributed by atoms with Gasteiger partial charge in [0, 0.05) is 12.6 Å². The van der Waals surface area contributed by atoms with E-state index >= 15 is 0 Å². The summed E-state index contributed by atoms with van der Waals surface area (Å²) in [4.78, 5) is 4.09. The molecule has 0 radical (unpaired) electrons. The second kappa shape index (κ2) is 2.70. The topological polar surface area (TPSA) is 42.4 Å². The molecule has 1 aliphatic heterocycles. The van der Waals surface area contributed by atoms with Crippen molar-refractivity contribution in [2.75, 3.05) is 0 Å². The quantitative estimate of drug-likeness (QED) is 0.658. The van der Waals surface area contributed by atoms with Crippen molar-refractivity contribution in [1.29, 1.82) is 0 Å². The average Bonchev–Trinajstić information content (AvgIpc) is 2.02. The highest BCUT2D eigenvalue weighted by atomic mass is 16.5. The Morgan fingerprint density at radius 1 is 1.62 bits per heavy atom. The van der Waals surface area contributed by atoms with E-state index in [1.807, 2.05) is 26.0 Å². The monoisotopic (exact) mass is 179 g/mol. The van der Waals surface area contributed by atoms with Gasteiger partial charge in [0.1, 0.15) is 23.1 Å². The van der Waals surface area contributed by atoms with Gasteiger partial charge in [-0.2, -0.15) is 0 Å². The van der Waals surface area contributed by atoms with Gasteiger partial charge in [-0.1, -0.05) is 0 Å². The van der Waals surface area contributed by atoms with Crippen LogP contribution in [0.4, 0.5) is 0 Å². The van der Waals surface area contributed by atoms with Crippen molar-refractivity contribution in [3.8, 4) is 5.75 Å². The molecule has 0 saturated carbocycles. The molecule has 0 aromatic carbocycles. The Hall–Kier alpha value is -1.09. The number of hydrogen-bond donors (Lipinski definition) is 1. The lowest BCUT2D eigenvalue weighted by molar-refractivity contribution is 0.00848. The summed E-state index contributed by atoms with van der Waals surface area (Å²) in [7, 11) is 0. The zero-order valence-electron chi connectivity index (χ0n) is 7.82. The van der Waals surface area contributed by atoms with E-state index < -0.39 is 6.10 Å². The minimum absolute atomic E-state index is 0.296. The van der Waals surface area contributed by atoms with Crippen molar-refractivity contribution in [1.82, 2.24) is 4.98 Å². The number of ether oxygens (including phenoxy) is 1. The smallest absolute Gasteiger partial charge is 0.144 e. The summed E-state index contributed by atoms with van der Waals surface area (Å²) in [5, 5.41) is 9.75. The highest BCUT2D eigenvalue weighted by molar-refractivity contribution is 5.31. The lowest BCUT2D eigenvalue weighted by atomic mass is 9.95. The van der Waals surface area contributed by atoms with Crippen molar-refractivity contribution in [2.45, 2.75) is 32.0 Å². The van der Waals surface area contributed by atoms with Crippen LogP contribution in [-0.2, 0) is 0 Å². The number of hydrogen-bond acceptors (Lipinski definition) is 3. The Bertz CT molecular complexity index is 322. The molecule has 3 heteroatoms. The van der Waals surface area contributed by atoms with Crippen LogP contribution in [0.3, 0.4) is 0 Å². The molecule has 2 heterocycles. The number of aliphatic hydroxyl groups is 1. The number of pyridine rings is 1. The molecule has 0 spiro atoms. The van der Waals surface area contributed by atoms with Gasteiger partial charge in [0.2, 0.25) is 0 Å². The first kappa shape index (κ1) is 8.51. The molecule has 1 aliphatic rings. The summed E-state index contributed by atoms with van der Waals surface area (Å²) >= 11 is 0. The molecule has 1 aromatic heterocycles. The van der Waals surface area contributed by atoms with Gasteiger partial charge in [-0.15, -0.1) is 0 Å². The SMILES string of the molecule is CC1(C)CC(O)c2ncccc2O1. The predicted octanol–water partition coefficient (Wildman–Crippen LogP) is 1.68. The predicted molar refractivity (Wildman–Crippen MR) is 48.5 cm³/mol. The minimum Gasteiger partial charge on any atom is -0.486 e. The molecule has 2 rings (SSSR count). The number of aromatic nitrogens is 1. The summed E-state index contributed by atoms with van der Waals surface area (Å²) in [5.74, 6) is 0.700. The van der Waals surface area contributed by atoms with Gasteiger partial charge in [-0.3, -0.25) is 4.98 Å². The third kappa shape index (κ3) is 1.52. The van der Waals surface area contributed by atoms with Gasteiger partial charge < -0.3 is 9.84 Å². The van der Waals surface area contributed by atoms with Gasteiger partial charge in [-0.05, 0) is 26.0 Å². The Labute approximate surface area is 77.4 Å². The van der Waals surface area contributed by atoms with E-state index in [2.05, 4.69) is 4.98 Å². The highest BCUT2D eigenvalue weighted by Gasteiger charge is 2.33. The van der Waals surface area contributed by atoms with Crippen LogP contribution in [0.15, 0.2) is 18.3 Å². The number of nitrogens with zero attached hydrogens (tertiary/aromatic N) is 1. The molecule has 0 amide bonds. The molecule has 1 unspecified atom stereocenters. The van der Waals surface area contributed by atoms with Crippen molar-refractivity contribution >= 4 is 0 Å². The second-order valence-corrected chi connectivity index (χ2v) is 3.97. The molecule has 0 aliphatic carbocycles. The number of fused-ring (bicyclic) bond motifs is 1. The van der Waals surface area contributed by atoms with Crippen molar-refractivity contribution < 1.29 is 9.84 Å². The molecule has 70 valence electrons. The van der Waals surface area contributed by atoms with Gasteiger partial charge in [0.15, 0.2) is 0 Å². The van der Waals surface area contributed by atoms with Crippen LogP contribution in [0.2, 0.25) is 0 Å². The van der Waals surface area contributed by atoms with E-state index in [0.717, 1.165) is 0 Å². The first-order valence-corrected chi connectivity index (χ1v) is 4.40. The largest absolute Gasteiger partial charge is 0.486 e. The normalized spacial score (nSPS) is 24.7. The van der Waals surface area contributed by atoms with E-state index in [0.29, 0.717) is 17.9 Å². The fourth-order valence-electron chi connectivity index (χ4n) is 1.64. The fourth-order valence-corrected chi connectivity index (χ4v) is 1.64. The first-order valence-electron chi connectivity index (χ1n) is 4.40. The molecule has 3 nitrogen and oxygen atoms in total. The third-order valence-electron chi connectivity index (χ3n) is 2.19. The van der Waals surface area contributed by atoms with Gasteiger partial charge in [0.25, 0.3) is 0 Å². The van der Waals surface area contributed by atoms with Crippen molar-refractivity contribution in [2.24, 2.45) is 0 Å². The molecule has 1 aromatic rings. The fraction of sp³-hybridized carbons (Fsp3) is 0.500. The minimum atomic E-state index is -0.500.